The third kappa shape index (κ3) is 3.17. The maximum absolute atomic E-state index is 13.2. The number of oxazole rings is 1. The van der Waals surface area contributed by atoms with Gasteiger partial charge in [-0.2, -0.15) is 4.98 Å². The lowest BCUT2D eigenvalue weighted by atomic mass is 10.3. The van der Waals surface area contributed by atoms with Crippen molar-refractivity contribution in [1.82, 2.24) is 4.98 Å². The molecule has 0 saturated carbocycles. The Hall–Kier alpha value is -3.20. The molecule has 1 aromatic carbocycles. The van der Waals surface area contributed by atoms with E-state index in [1.54, 1.807) is 24.3 Å². The van der Waals surface area contributed by atoms with E-state index in [9.17, 15) is 8.42 Å². The van der Waals surface area contributed by atoms with E-state index >= 15 is 0 Å². The van der Waals surface area contributed by atoms with E-state index < -0.39 is 9.84 Å². The first-order chi connectivity index (χ1) is 13.1. The van der Waals surface area contributed by atoms with Gasteiger partial charge in [0.1, 0.15) is 13.2 Å². The number of fused-ring (bicyclic) bond motifs is 1. The number of sulfone groups is 1. The molecule has 2 aromatic heterocycles. The molecule has 0 spiro atoms. The first-order valence-electron chi connectivity index (χ1n) is 8.14. The summed E-state index contributed by atoms with van der Waals surface area (Å²) in [6.45, 7) is 4.69. The number of anilines is 1. The van der Waals surface area contributed by atoms with Crippen molar-refractivity contribution in [3.05, 3.63) is 49.2 Å². The van der Waals surface area contributed by atoms with Crippen LogP contribution in [0.1, 0.15) is 0 Å². The van der Waals surface area contributed by atoms with Gasteiger partial charge in [0, 0.05) is 12.6 Å². The van der Waals surface area contributed by atoms with Gasteiger partial charge in [-0.05, 0) is 24.3 Å². The first-order valence-corrected chi connectivity index (χ1v) is 9.62. The lowest BCUT2D eigenvalue weighted by Gasteiger charge is -2.18. The Morgan fingerprint density at radius 2 is 2.00 bits per heavy atom. The number of rotatable bonds is 6. The van der Waals surface area contributed by atoms with Gasteiger partial charge in [0.2, 0.25) is 20.7 Å². The smallest absolute Gasteiger partial charge is 0.266 e. The molecule has 0 amide bonds. The van der Waals surface area contributed by atoms with E-state index in [0.29, 0.717) is 37.0 Å². The molecule has 1 N–H and O–H groups in total. The molecule has 0 unspecified atom stereocenters. The van der Waals surface area contributed by atoms with Crippen molar-refractivity contribution in [2.75, 3.05) is 25.1 Å². The Labute approximate surface area is 155 Å². The minimum atomic E-state index is -3.98. The number of ether oxygens (including phenoxy) is 2. The number of hydrogen-bond donors (Lipinski definition) is 1. The van der Waals surface area contributed by atoms with Crippen molar-refractivity contribution < 1.29 is 26.7 Å². The van der Waals surface area contributed by atoms with Crippen LogP contribution in [0.4, 0.5) is 5.88 Å². The summed E-state index contributed by atoms with van der Waals surface area (Å²) in [6, 6.07) is 7.71. The molecule has 0 aliphatic carbocycles. The highest BCUT2D eigenvalue weighted by Gasteiger charge is 2.30. The zero-order chi connectivity index (χ0) is 18.9. The zero-order valence-corrected chi connectivity index (χ0v) is 15.0. The van der Waals surface area contributed by atoms with E-state index in [-0.39, 0.29) is 21.7 Å². The highest BCUT2D eigenvalue weighted by molar-refractivity contribution is 7.91. The number of nitrogens with zero attached hydrogens (tertiary/aromatic N) is 1. The van der Waals surface area contributed by atoms with Gasteiger partial charge in [0.15, 0.2) is 17.3 Å². The van der Waals surface area contributed by atoms with Crippen molar-refractivity contribution in [3.8, 4) is 23.1 Å². The van der Waals surface area contributed by atoms with E-state index in [0.717, 1.165) is 0 Å². The van der Waals surface area contributed by atoms with Crippen molar-refractivity contribution in [3.63, 3.8) is 0 Å². The number of benzene rings is 1. The predicted octanol–water partition coefficient (Wildman–Crippen LogP) is 3.14. The van der Waals surface area contributed by atoms with Crippen molar-refractivity contribution in [1.29, 1.82) is 0 Å². The Morgan fingerprint density at radius 1 is 1.19 bits per heavy atom. The monoisotopic (exact) mass is 388 g/mol. The Bertz CT molecular complexity index is 1070. The summed E-state index contributed by atoms with van der Waals surface area (Å²) in [4.78, 5) is 4.17. The summed E-state index contributed by atoms with van der Waals surface area (Å²) >= 11 is 0. The van der Waals surface area contributed by atoms with Crippen LogP contribution in [-0.4, -0.2) is 33.2 Å². The molecule has 8 nitrogen and oxygen atoms in total. The summed E-state index contributed by atoms with van der Waals surface area (Å²) in [5, 5.41) is 2.62. The Morgan fingerprint density at radius 3 is 2.74 bits per heavy atom. The normalized spacial score (nSPS) is 13.3. The lowest BCUT2D eigenvalue weighted by Crippen LogP contribution is -2.16. The second-order valence-electron chi connectivity index (χ2n) is 5.61. The average molecular weight is 388 g/mol. The molecule has 140 valence electrons. The fourth-order valence-electron chi connectivity index (χ4n) is 2.57. The van der Waals surface area contributed by atoms with Gasteiger partial charge in [0.25, 0.3) is 5.89 Å². The van der Waals surface area contributed by atoms with Gasteiger partial charge in [0.05, 0.1) is 11.2 Å². The maximum atomic E-state index is 13.2. The van der Waals surface area contributed by atoms with Gasteiger partial charge in [-0.3, -0.25) is 0 Å². The van der Waals surface area contributed by atoms with Crippen LogP contribution in [0.15, 0.2) is 68.0 Å². The van der Waals surface area contributed by atoms with Crippen LogP contribution in [0.3, 0.4) is 0 Å². The van der Waals surface area contributed by atoms with Crippen LogP contribution in [-0.2, 0) is 9.84 Å². The topological polar surface area (TPSA) is 104 Å². The van der Waals surface area contributed by atoms with Gasteiger partial charge in [-0.15, -0.1) is 6.58 Å². The fraction of sp³-hybridized carbons (Fsp3) is 0.167. The summed E-state index contributed by atoms with van der Waals surface area (Å²) in [6.07, 6.45) is 3.03. The number of hydrogen-bond acceptors (Lipinski definition) is 8. The van der Waals surface area contributed by atoms with E-state index in [2.05, 4.69) is 16.9 Å². The van der Waals surface area contributed by atoms with Gasteiger partial charge in [-0.25, -0.2) is 8.42 Å². The van der Waals surface area contributed by atoms with E-state index in [1.165, 1.54) is 18.4 Å². The average Bonchev–Trinajstić information content (AvgIpc) is 3.35. The third-order valence-corrected chi connectivity index (χ3v) is 5.47. The van der Waals surface area contributed by atoms with Crippen LogP contribution >= 0.6 is 0 Å². The molecule has 27 heavy (non-hydrogen) atoms. The van der Waals surface area contributed by atoms with Crippen LogP contribution < -0.4 is 14.8 Å². The molecule has 1 aliphatic rings. The minimum absolute atomic E-state index is 0.0104. The van der Waals surface area contributed by atoms with Crippen LogP contribution in [0.2, 0.25) is 0 Å². The molecule has 0 saturated heterocycles. The molecule has 0 fully saturated rings. The number of nitrogens with one attached hydrogen (secondary N) is 1. The first kappa shape index (κ1) is 17.2. The maximum Gasteiger partial charge on any atom is 0.266 e. The quantitative estimate of drug-likeness (QED) is 0.642. The van der Waals surface area contributed by atoms with Crippen LogP contribution in [0.5, 0.6) is 11.5 Å². The summed E-state index contributed by atoms with van der Waals surface area (Å²) in [5.74, 6) is 1.26. The lowest BCUT2D eigenvalue weighted by molar-refractivity contribution is 0.171. The van der Waals surface area contributed by atoms with Crippen LogP contribution in [0.25, 0.3) is 11.7 Å². The van der Waals surface area contributed by atoms with Crippen molar-refractivity contribution in [2.45, 2.75) is 9.92 Å². The molecule has 3 aromatic rings. The van der Waals surface area contributed by atoms with Gasteiger partial charge < -0.3 is 23.6 Å². The second-order valence-corrected chi connectivity index (χ2v) is 7.47. The van der Waals surface area contributed by atoms with Crippen LogP contribution in [0, 0.1) is 0 Å². The molecule has 3 heterocycles. The van der Waals surface area contributed by atoms with E-state index in [4.69, 9.17) is 18.3 Å². The van der Waals surface area contributed by atoms with Crippen molar-refractivity contribution in [2.24, 2.45) is 0 Å². The van der Waals surface area contributed by atoms with Gasteiger partial charge in [-0.1, -0.05) is 6.08 Å². The summed E-state index contributed by atoms with van der Waals surface area (Å²) in [7, 11) is -3.98. The van der Waals surface area contributed by atoms with Gasteiger partial charge >= 0.3 is 0 Å². The molecular formula is C18H16N2O6S. The molecule has 0 bridgehead atoms. The zero-order valence-electron chi connectivity index (χ0n) is 14.2. The summed E-state index contributed by atoms with van der Waals surface area (Å²) < 4.78 is 48.1. The second kappa shape index (κ2) is 6.84. The van der Waals surface area contributed by atoms with E-state index in [1.807, 2.05) is 0 Å². The highest BCUT2D eigenvalue weighted by atomic mass is 32.2. The highest BCUT2D eigenvalue weighted by Crippen LogP contribution is 2.37. The molecule has 9 heteroatoms. The standard InChI is InChI=1S/C18H16N2O6S/c1-2-7-19-17-18(20-16(26-17)14-4-3-8-23-14)27(21,22)12-5-6-13-15(11-12)25-10-9-24-13/h2-6,8,11,19H,1,7,9-10H2. The van der Waals surface area contributed by atoms with Crippen molar-refractivity contribution >= 4 is 15.7 Å². The third-order valence-electron chi connectivity index (χ3n) is 3.81. The molecule has 0 atom stereocenters. The molecular weight excluding hydrogens is 372 g/mol. The summed E-state index contributed by atoms with van der Waals surface area (Å²) in [5.41, 5.74) is 0. The molecule has 1 aliphatic heterocycles. The minimum Gasteiger partial charge on any atom is -0.486 e. The molecule has 0 radical (unpaired) electrons. The SMILES string of the molecule is C=CCNc1oc(-c2ccco2)nc1S(=O)(=O)c1ccc2c(c1)OCCO2. The predicted molar refractivity (Wildman–Crippen MR) is 95.8 cm³/mol. The fourth-order valence-corrected chi connectivity index (χ4v) is 3.87. The number of aromatic nitrogens is 1. The Balaban J connectivity index is 1.79. The largest absolute Gasteiger partial charge is 0.486 e. The Kier molecular flexibility index (Phi) is 4.36. The number of furan rings is 1. The molecule has 4 rings (SSSR count).